The number of Topliss-reactive ketones (excluding diaryl/α,β-unsaturated/α-hetero) is 2. The molecular weight excluding hydrogens is 328 g/mol. The Bertz CT molecular complexity index is 941. The van der Waals surface area contributed by atoms with Crippen molar-refractivity contribution in [2.45, 2.75) is 13.5 Å². The van der Waals surface area contributed by atoms with Gasteiger partial charge in [0, 0.05) is 24.0 Å². The molecule has 130 valence electrons. The average molecular weight is 346 g/mol. The summed E-state index contributed by atoms with van der Waals surface area (Å²) in [4.78, 5) is 36.1. The number of nitrogens with one attached hydrogen (secondary N) is 1. The van der Waals surface area contributed by atoms with Gasteiger partial charge in [-0.3, -0.25) is 14.4 Å². The number of aromatic nitrogens is 1. The molecule has 0 unspecified atom stereocenters. The summed E-state index contributed by atoms with van der Waals surface area (Å²) in [6, 6.07) is 19.5. The van der Waals surface area contributed by atoms with Gasteiger partial charge in [-0.05, 0) is 48.9 Å². The minimum Gasteiger partial charge on any atom is -0.340 e. The van der Waals surface area contributed by atoms with Crippen LogP contribution >= 0.6 is 0 Å². The number of nitrogens with zero attached hydrogens (tertiary/aromatic N) is 1. The molecule has 1 amide bonds. The Morgan fingerprint density at radius 3 is 2.23 bits per heavy atom. The van der Waals surface area contributed by atoms with Gasteiger partial charge in [0.2, 0.25) is 0 Å². The molecule has 5 heteroatoms. The Morgan fingerprint density at radius 1 is 0.885 bits per heavy atom. The molecule has 1 heterocycles. The first-order chi connectivity index (χ1) is 12.5. The summed E-state index contributed by atoms with van der Waals surface area (Å²) in [5, 5.41) is 2.57. The van der Waals surface area contributed by atoms with Gasteiger partial charge < -0.3 is 9.88 Å². The zero-order chi connectivity index (χ0) is 18.5. The molecular formula is C21H18N2O3. The predicted molar refractivity (Wildman–Crippen MR) is 99.4 cm³/mol. The van der Waals surface area contributed by atoms with Crippen LogP contribution in [0, 0.1) is 0 Å². The molecule has 0 bridgehead atoms. The fourth-order valence-electron chi connectivity index (χ4n) is 2.63. The maximum absolute atomic E-state index is 12.5. The summed E-state index contributed by atoms with van der Waals surface area (Å²) in [5.74, 6) is -1.38. The molecule has 0 aliphatic rings. The van der Waals surface area contributed by atoms with E-state index in [2.05, 4.69) is 5.32 Å². The van der Waals surface area contributed by atoms with Crippen LogP contribution in [0.3, 0.4) is 0 Å². The van der Waals surface area contributed by atoms with Gasteiger partial charge in [-0.1, -0.05) is 30.3 Å². The molecule has 5 nitrogen and oxygen atoms in total. The number of rotatable bonds is 6. The molecule has 0 saturated carbocycles. The lowest BCUT2D eigenvalue weighted by Gasteiger charge is -2.09. The van der Waals surface area contributed by atoms with Crippen molar-refractivity contribution in [2.75, 3.05) is 5.32 Å². The van der Waals surface area contributed by atoms with Gasteiger partial charge in [-0.25, -0.2) is 0 Å². The van der Waals surface area contributed by atoms with Crippen molar-refractivity contribution in [3.05, 3.63) is 89.7 Å². The molecule has 26 heavy (non-hydrogen) atoms. The van der Waals surface area contributed by atoms with E-state index in [0.717, 1.165) is 5.56 Å². The number of carbonyl (C=O) groups excluding carboxylic acids is 3. The summed E-state index contributed by atoms with van der Waals surface area (Å²) >= 11 is 0. The smallest absolute Gasteiger partial charge is 0.298 e. The molecule has 0 saturated heterocycles. The largest absolute Gasteiger partial charge is 0.340 e. The number of hydrogen-bond donors (Lipinski definition) is 1. The Labute approximate surface area is 151 Å². The summed E-state index contributed by atoms with van der Waals surface area (Å²) in [6.45, 7) is 1.98. The van der Waals surface area contributed by atoms with Crippen molar-refractivity contribution in [3.63, 3.8) is 0 Å². The Balaban J connectivity index is 1.72. The van der Waals surface area contributed by atoms with E-state index < -0.39 is 11.7 Å². The molecule has 2 aromatic carbocycles. The van der Waals surface area contributed by atoms with Gasteiger partial charge in [0.25, 0.3) is 11.7 Å². The minimum absolute atomic E-state index is 0.0577. The summed E-state index contributed by atoms with van der Waals surface area (Å²) < 4.78 is 1.75. The predicted octanol–water partition coefficient (Wildman–Crippen LogP) is 3.56. The van der Waals surface area contributed by atoms with E-state index in [-0.39, 0.29) is 5.78 Å². The highest BCUT2D eigenvalue weighted by atomic mass is 16.2. The van der Waals surface area contributed by atoms with Gasteiger partial charge in [-0.15, -0.1) is 0 Å². The molecule has 1 N–H and O–H groups in total. The molecule has 0 spiro atoms. The topological polar surface area (TPSA) is 68.2 Å². The normalized spacial score (nSPS) is 10.3. The van der Waals surface area contributed by atoms with E-state index >= 15 is 0 Å². The number of hydrogen-bond acceptors (Lipinski definition) is 3. The summed E-state index contributed by atoms with van der Waals surface area (Å²) in [6.07, 6.45) is 1.77. The third-order valence-electron chi connectivity index (χ3n) is 4.01. The second-order valence-electron chi connectivity index (χ2n) is 5.92. The second kappa shape index (κ2) is 7.61. The molecule has 1 aromatic heterocycles. The molecule has 0 aliphatic heterocycles. The van der Waals surface area contributed by atoms with Crippen LogP contribution in [0.2, 0.25) is 0 Å². The third kappa shape index (κ3) is 3.95. The summed E-state index contributed by atoms with van der Waals surface area (Å²) in [7, 11) is 0. The van der Waals surface area contributed by atoms with Crippen molar-refractivity contribution >= 4 is 23.2 Å². The maximum Gasteiger partial charge on any atom is 0.298 e. The van der Waals surface area contributed by atoms with E-state index in [0.29, 0.717) is 23.5 Å². The van der Waals surface area contributed by atoms with Gasteiger partial charge in [0.05, 0.1) is 5.69 Å². The zero-order valence-electron chi connectivity index (χ0n) is 14.3. The first kappa shape index (κ1) is 17.4. The average Bonchev–Trinajstić information content (AvgIpc) is 3.10. The highest BCUT2D eigenvalue weighted by Gasteiger charge is 2.20. The number of ketones is 2. The summed E-state index contributed by atoms with van der Waals surface area (Å²) in [5.41, 5.74) is 2.38. The number of benzene rings is 2. The van der Waals surface area contributed by atoms with E-state index in [1.54, 1.807) is 47.2 Å². The van der Waals surface area contributed by atoms with Gasteiger partial charge in [0.1, 0.15) is 0 Å². The fraction of sp³-hybridized carbons (Fsp3) is 0.0952. The molecule has 0 aliphatic carbocycles. The van der Waals surface area contributed by atoms with Crippen LogP contribution in [0.4, 0.5) is 5.69 Å². The number of anilines is 1. The highest BCUT2D eigenvalue weighted by Crippen LogP contribution is 2.13. The highest BCUT2D eigenvalue weighted by molar-refractivity contribution is 6.46. The van der Waals surface area contributed by atoms with Gasteiger partial charge in [0.15, 0.2) is 5.78 Å². The number of amides is 1. The monoisotopic (exact) mass is 346 g/mol. The van der Waals surface area contributed by atoms with Crippen LogP contribution in [0.1, 0.15) is 33.3 Å². The quantitative estimate of drug-likeness (QED) is 0.548. The van der Waals surface area contributed by atoms with Gasteiger partial charge in [-0.2, -0.15) is 0 Å². The Hall–Kier alpha value is -3.47. The molecule has 3 rings (SSSR count). The van der Waals surface area contributed by atoms with E-state index in [9.17, 15) is 14.4 Å². The Kier molecular flexibility index (Phi) is 5.08. The SMILES string of the molecule is CC(=O)c1ccc(NC(=O)C(=O)c2cccn2Cc2ccccc2)cc1. The minimum atomic E-state index is -0.714. The van der Waals surface area contributed by atoms with Crippen LogP contribution in [-0.4, -0.2) is 22.0 Å². The van der Waals surface area contributed by atoms with Crippen LogP contribution in [0.25, 0.3) is 0 Å². The van der Waals surface area contributed by atoms with Crippen LogP contribution in [-0.2, 0) is 11.3 Å². The second-order valence-corrected chi connectivity index (χ2v) is 5.92. The van der Waals surface area contributed by atoms with Crippen molar-refractivity contribution in [3.8, 4) is 0 Å². The first-order valence-corrected chi connectivity index (χ1v) is 8.20. The van der Waals surface area contributed by atoms with E-state index in [4.69, 9.17) is 0 Å². The van der Waals surface area contributed by atoms with E-state index in [1.165, 1.54) is 6.92 Å². The third-order valence-corrected chi connectivity index (χ3v) is 4.01. The van der Waals surface area contributed by atoms with Crippen LogP contribution in [0.15, 0.2) is 72.9 Å². The van der Waals surface area contributed by atoms with Crippen molar-refractivity contribution in [1.29, 1.82) is 0 Å². The van der Waals surface area contributed by atoms with Gasteiger partial charge >= 0.3 is 0 Å². The van der Waals surface area contributed by atoms with E-state index in [1.807, 2.05) is 30.3 Å². The zero-order valence-corrected chi connectivity index (χ0v) is 14.3. The molecule has 0 atom stereocenters. The molecule has 0 fully saturated rings. The lowest BCUT2D eigenvalue weighted by molar-refractivity contribution is -0.112. The first-order valence-electron chi connectivity index (χ1n) is 8.20. The maximum atomic E-state index is 12.5. The fourth-order valence-corrected chi connectivity index (χ4v) is 2.63. The lowest BCUT2D eigenvalue weighted by Crippen LogP contribution is -2.25. The van der Waals surface area contributed by atoms with Crippen molar-refractivity contribution in [2.24, 2.45) is 0 Å². The molecule has 0 radical (unpaired) electrons. The molecule has 3 aromatic rings. The van der Waals surface area contributed by atoms with Crippen LogP contribution < -0.4 is 5.32 Å². The number of carbonyl (C=O) groups is 3. The van der Waals surface area contributed by atoms with Crippen molar-refractivity contribution < 1.29 is 14.4 Å². The van der Waals surface area contributed by atoms with Crippen molar-refractivity contribution in [1.82, 2.24) is 4.57 Å². The standard InChI is InChI=1S/C21H18N2O3/c1-15(24)17-9-11-18(12-10-17)22-21(26)20(25)19-8-5-13-23(19)14-16-6-3-2-4-7-16/h2-13H,14H2,1H3,(H,22,26). The van der Waals surface area contributed by atoms with Crippen LogP contribution in [0.5, 0.6) is 0 Å². The Morgan fingerprint density at radius 2 is 1.58 bits per heavy atom. The lowest BCUT2D eigenvalue weighted by atomic mass is 10.1.